The minimum absolute atomic E-state index is 0.191. The first-order chi connectivity index (χ1) is 5.88. The first-order valence-electron chi connectivity index (χ1n) is 4.72. The molecule has 0 spiro atoms. The van der Waals surface area contributed by atoms with E-state index in [1.807, 2.05) is 4.90 Å². The summed E-state index contributed by atoms with van der Waals surface area (Å²) in [5.41, 5.74) is 5.52. The van der Waals surface area contributed by atoms with Crippen LogP contribution in [0, 0.1) is 11.3 Å². The number of guanidine groups is 1. The summed E-state index contributed by atoms with van der Waals surface area (Å²) in [6.45, 7) is 9.36. The normalized spacial score (nSPS) is 18.5. The zero-order chi connectivity index (χ0) is 10.1. The van der Waals surface area contributed by atoms with Gasteiger partial charge in [0.2, 0.25) is 0 Å². The fourth-order valence-corrected chi connectivity index (χ4v) is 1.35. The fourth-order valence-electron chi connectivity index (χ4n) is 1.35. The average Bonchev–Trinajstić information content (AvgIpc) is 1.79. The highest BCUT2D eigenvalue weighted by atomic mass is 15.3. The largest absolute Gasteiger partial charge is 0.370 e. The van der Waals surface area contributed by atoms with Crippen LogP contribution in [0.5, 0.6) is 0 Å². The second-order valence-electron chi connectivity index (χ2n) is 4.79. The van der Waals surface area contributed by atoms with Crippen LogP contribution in [0.1, 0.15) is 20.8 Å². The van der Waals surface area contributed by atoms with Crippen molar-refractivity contribution in [3.05, 3.63) is 0 Å². The van der Waals surface area contributed by atoms with Crippen molar-refractivity contribution in [2.75, 3.05) is 19.6 Å². The molecule has 0 bridgehead atoms. The quantitative estimate of drug-likeness (QED) is 0.424. The summed E-state index contributed by atoms with van der Waals surface area (Å²) >= 11 is 0. The van der Waals surface area contributed by atoms with Gasteiger partial charge in [0.15, 0.2) is 5.96 Å². The van der Waals surface area contributed by atoms with Crippen molar-refractivity contribution in [1.82, 2.24) is 10.2 Å². The van der Waals surface area contributed by atoms with Gasteiger partial charge in [0.05, 0.1) is 0 Å². The fraction of sp³-hybridized carbons (Fsp3) is 0.889. The second-order valence-corrected chi connectivity index (χ2v) is 4.79. The van der Waals surface area contributed by atoms with Gasteiger partial charge in [-0.05, 0) is 20.8 Å². The molecule has 0 aromatic carbocycles. The lowest BCUT2D eigenvalue weighted by molar-refractivity contribution is 0.170. The highest BCUT2D eigenvalue weighted by molar-refractivity contribution is 5.75. The smallest absolute Gasteiger partial charge is 0.188 e. The Bertz CT molecular complexity index is 188. The van der Waals surface area contributed by atoms with E-state index >= 15 is 0 Å². The number of likely N-dealkylation sites (tertiary alicyclic amines) is 1. The summed E-state index contributed by atoms with van der Waals surface area (Å²) in [6, 6.07) is 0. The Kier molecular flexibility index (Phi) is 2.81. The van der Waals surface area contributed by atoms with Gasteiger partial charge < -0.3 is 16.0 Å². The van der Waals surface area contributed by atoms with Crippen molar-refractivity contribution in [3.8, 4) is 0 Å². The maximum Gasteiger partial charge on any atom is 0.188 e. The van der Waals surface area contributed by atoms with Crippen molar-refractivity contribution in [1.29, 1.82) is 5.41 Å². The van der Waals surface area contributed by atoms with E-state index in [1.54, 1.807) is 0 Å². The third-order valence-corrected chi connectivity index (χ3v) is 2.22. The van der Waals surface area contributed by atoms with E-state index in [0.29, 0.717) is 5.92 Å². The predicted molar refractivity (Wildman–Crippen MR) is 54.7 cm³/mol. The van der Waals surface area contributed by atoms with Crippen LogP contribution in [-0.2, 0) is 0 Å². The van der Waals surface area contributed by atoms with Crippen LogP contribution in [0.4, 0.5) is 0 Å². The summed E-state index contributed by atoms with van der Waals surface area (Å²) < 4.78 is 0. The monoisotopic (exact) mass is 184 g/mol. The molecule has 4 nitrogen and oxygen atoms in total. The van der Waals surface area contributed by atoms with Gasteiger partial charge in [0, 0.05) is 31.1 Å². The van der Waals surface area contributed by atoms with E-state index in [1.165, 1.54) is 0 Å². The van der Waals surface area contributed by atoms with Crippen molar-refractivity contribution < 1.29 is 0 Å². The van der Waals surface area contributed by atoms with E-state index in [-0.39, 0.29) is 11.5 Å². The molecule has 13 heavy (non-hydrogen) atoms. The lowest BCUT2D eigenvalue weighted by atomic mass is 9.99. The van der Waals surface area contributed by atoms with Crippen LogP contribution < -0.4 is 11.1 Å². The van der Waals surface area contributed by atoms with Gasteiger partial charge in [-0.15, -0.1) is 0 Å². The topological polar surface area (TPSA) is 65.1 Å². The van der Waals surface area contributed by atoms with Gasteiger partial charge in [-0.3, -0.25) is 5.41 Å². The van der Waals surface area contributed by atoms with Gasteiger partial charge in [-0.1, -0.05) is 0 Å². The molecule has 4 heteroatoms. The molecule has 1 aliphatic heterocycles. The maximum absolute atomic E-state index is 7.18. The van der Waals surface area contributed by atoms with Crippen LogP contribution in [-0.4, -0.2) is 36.0 Å². The third kappa shape index (κ3) is 3.22. The zero-order valence-corrected chi connectivity index (χ0v) is 8.72. The number of nitrogens with two attached hydrogens (primary N) is 1. The van der Waals surface area contributed by atoms with E-state index < -0.39 is 0 Å². The molecule has 0 aliphatic carbocycles. The Morgan fingerprint density at radius 1 is 1.54 bits per heavy atom. The van der Waals surface area contributed by atoms with E-state index in [2.05, 4.69) is 26.1 Å². The Morgan fingerprint density at radius 3 is 2.46 bits per heavy atom. The number of nitrogens with zero attached hydrogens (tertiary/aromatic N) is 1. The number of hydrogen-bond acceptors (Lipinski definition) is 2. The van der Waals surface area contributed by atoms with Crippen molar-refractivity contribution in [2.24, 2.45) is 11.7 Å². The number of rotatable bonds is 2. The van der Waals surface area contributed by atoms with Crippen molar-refractivity contribution in [2.45, 2.75) is 26.3 Å². The summed E-state index contributed by atoms with van der Waals surface area (Å²) in [4.78, 5) is 1.88. The first kappa shape index (κ1) is 10.3. The molecule has 0 saturated carbocycles. The predicted octanol–water partition coefficient (Wildman–Crippen LogP) is 0.200. The zero-order valence-electron chi connectivity index (χ0n) is 8.72. The Hall–Kier alpha value is -0.770. The molecule has 0 aromatic rings. The lowest BCUT2D eigenvalue weighted by Crippen LogP contribution is -2.56. The van der Waals surface area contributed by atoms with E-state index in [0.717, 1.165) is 19.6 Å². The average molecular weight is 184 g/mol. The molecule has 1 fully saturated rings. The molecular weight excluding hydrogens is 164 g/mol. The molecule has 76 valence electrons. The molecular formula is C9H20N4. The molecule has 1 heterocycles. The van der Waals surface area contributed by atoms with Crippen molar-refractivity contribution >= 4 is 5.96 Å². The molecule has 1 aliphatic rings. The highest BCUT2D eigenvalue weighted by Crippen LogP contribution is 2.14. The summed E-state index contributed by atoms with van der Waals surface area (Å²) in [5, 5.41) is 10.6. The minimum Gasteiger partial charge on any atom is -0.370 e. The lowest BCUT2D eigenvalue weighted by Gasteiger charge is -2.40. The third-order valence-electron chi connectivity index (χ3n) is 2.22. The van der Waals surface area contributed by atoms with Crippen LogP contribution in [0.25, 0.3) is 0 Å². The number of hydrogen-bond donors (Lipinski definition) is 3. The van der Waals surface area contributed by atoms with E-state index in [4.69, 9.17) is 11.1 Å². The molecule has 0 amide bonds. The molecule has 1 saturated heterocycles. The highest BCUT2D eigenvalue weighted by Gasteiger charge is 2.28. The SMILES string of the molecule is CC(C)(C)NCC1CN(C(=N)N)C1. The molecule has 0 radical (unpaired) electrons. The molecule has 0 atom stereocenters. The van der Waals surface area contributed by atoms with Gasteiger partial charge >= 0.3 is 0 Å². The molecule has 0 aromatic heterocycles. The van der Waals surface area contributed by atoms with Gasteiger partial charge in [0.25, 0.3) is 0 Å². The Morgan fingerprint density at radius 2 is 2.08 bits per heavy atom. The van der Waals surface area contributed by atoms with Crippen LogP contribution in [0.3, 0.4) is 0 Å². The van der Waals surface area contributed by atoms with Crippen LogP contribution >= 0.6 is 0 Å². The van der Waals surface area contributed by atoms with E-state index in [9.17, 15) is 0 Å². The first-order valence-corrected chi connectivity index (χ1v) is 4.72. The molecule has 1 rings (SSSR count). The molecule has 4 N–H and O–H groups in total. The molecule has 0 unspecified atom stereocenters. The van der Waals surface area contributed by atoms with Crippen LogP contribution in [0.2, 0.25) is 0 Å². The Labute approximate surface area is 80.0 Å². The maximum atomic E-state index is 7.18. The van der Waals surface area contributed by atoms with Crippen LogP contribution in [0.15, 0.2) is 0 Å². The van der Waals surface area contributed by atoms with Gasteiger partial charge in [0.1, 0.15) is 0 Å². The summed E-state index contributed by atoms with van der Waals surface area (Å²) in [6.07, 6.45) is 0. The number of nitrogens with one attached hydrogen (secondary N) is 2. The standard InChI is InChI=1S/C9H20N4/c1-9(2,3)12-4-7-5-13(6-7)8(10)11/h7,12H,4-6H2,1-3H3,(H3,10,11). The minimum atomic E-state index is 0.191. The summed E-state index contributed by atoms with van der Waals surface area (Å²) in [5.74, 6) is 0.857. The summed E-state index contributed by atoms with van der Waals surface area (Å²) in [7, 11) is 0. The van der Waals surface area contributed by atoms with Gasteiger partial charge in [-0.2, -0.15) is 0 Å². The van der Waals surface area contributed by atoms with Gasteiger partial charge in [-0.25, -0.2) is 0 Å². The second kappa shape index (κ2) is 3.54. The Balaban J connectivity index is 2.12. The van der Waals surface area contributed by atoms with Crippen molar-refractivity contribution in [3.63, 3.8) is 0 Å².